The summed E-state index contributed by atoms with van der Waals surface area (Å²) >= 11 is 0. The van der Waals surface area contributed by atoms with E-state index in [9.17, 15) is 8.42 Å². The molecule has 0 bridgehead atoms. The molecule has 2 atom stereocenters. The van der Waals surface area contributed by atoms with Crippen LogP contribution in [-0.4, -0.2) is 56.3 Å². The van der Waals surface area contributed by atoms with Gasteiger partial charge >= 0.3 is 0 Å². The summed E-state index contributed by atoms with van der Waals surface area (Å²) in [5, 5.41) is 3.33. The summed E-state index contributed by atoms with van der Waals surface area (Å²) in [5.74, 6) is 1.08. The first-order chi connectivity index (χ1) is 9.48. The quantitative estimate of drug-likeness (QED) is 0.851. The second-order valence-corrected chi connectivity index (χ2v) is 8.23. The van der Waals surface area contributed by atoms with Crippen LogP contribution in [-0.2, 0) is 10.2 Å². The van der Waals surface area contributed by atoms with Crippen LogP contribution in [0, 0.1) is 11.8 Å². The van der Waals surface area contributed by atoms with E-state index >= 15 is 0 Å². The first kappa shape index (κ1) is 16.2. The Morgan fingerprint density at radius 3 is 2.25 bits per heavy atom. The number of piperidine rings is 2. The van der Waals surface area contributed by atoms with Crippen LogP contribution < -0.4 is 5.32 Å². The number of nitrogens with zero attached hydrogens (tertiary/aromatic N) is 2. The van der Waals surface area contributed by atoms with Gasteiger partial charge in [-0.25, -0.2) is 0 Å². The first-order valence-electron chi connectivity index (χ1n) is 7.91. The van der Waals surface area contributed by atoms with Crippen LogP contribution in [0.4, 0.5) is 0 Å². The lowest BCUT2D eigenvalue weighted by molar-refractivity contribution is 0.190. The van der Waals surface area contributed by atoms with Crippen molar-refractivity contribution in [1.82, 2.24) is 13.9 Å². The van der Waals surface area contributed by atoms with Crippen molar-refractivity contribution < 1.29 is 8.42 Å². The van der Waals surface area contributed by atoms with Crippen molar-refractivity contribution in [2.24, 2.45) is 11.8 Å². The fourth-order valence-electron chi connectivity index (χ4n) is 3.38. The number of rotatable bonds is 4. The summed E-state index contributed by atoms with van der Waals surface area (Å²) in [5.41, 5.74) is 0. The molecule has 2 rings (SSSR count). The predicted octanol–water partition coefficient (Wildman–Crippen LogP) is 1.28. The van der Waals surface area contributed by atoms with Crippen molar-refractivity contribution in [3.8, 4) is 0 Å². The molecule has 0 radical (unpaired) electrons. The Morgan fingerprint density at radius 1 is 1.10 bits per heavy atom. The van der Waals surface area contributed by atoms with E-state index in [1.54, 1.807) is 8.61 Å². The van der Waals surface area contributed by atoms with Crippen molar-refractivity contribution in [3.05, 3.63) is 0 Å². The van der Waals surface area contributed by atoms with Gasteiger partial charge in [0.2, 0.25) is 0 Å². The van der Waals surface area contributed by atoms with Crippen LogP contribution >= 0.6 is 0 Å². The summed E-state index contributed by atoms with van der Waals surface area (Å²) < 4.78 is 28.9. The molecule has 0 amide bonds. The zero-order chi connectivity index (χ0) is 14.8. The molecule has 1 N–H and O–H groups in total. The molecule has 20 heavy (non-hydrogen) atoms. The molecular formula is C14H29N3O2S. The molecule has 0 saturated carbocycles. The van der Waals surface area contributed by atoms with E-state index in [0.29, 0.717) is 44.1 Å². The first-order valence-corrected chi connectivity index (χ1v) is 9.31. The van der Waals surface area contributed by atoms with E-state index in [2.05, 4.69) is 19.2 Å². The molecule has 2 unspecified atom stereocenters. The Bertz CT molecular complexity index is 405. The van der Waals surface area contributed by atoms with Crippen LogP contribution in [0.25, 0.3) is 0 Å². The fourth-order valence-corrected chi connectivity index (χ4v) is 5.10. The maximum Gasteiger partial charge on any atom is 0.281 e. The number of hydrogen-bond acceptors (Lipinski definition) is 3. The van der Waals surface area contributed by atoms with Crippen LogP contribution in [0.3, 0.4) is 0 Å². The molecule has 118 valence electrons. The number of nitrogens with one attached hydrogen (secondary N) is 1. The normalized spacial score (nSPS) is 31.6. The van der Waals surface area contributed by atoms with E-state index in [-0.39, 0.29) is 0 Å². The Labute approximate surface area is 123 Å². The average Bonchev–Trinajstić information content (AvgIpc) is 2.46. The summed E-state index contributed by atoms with van der Waals surface area (Å²) in [6.07, 6.45) is 3.92. The standard InChI is InChI=1S/C14H29N3O2S/c1-4-13-11-17(10-7-14(13)15-3)20(18,19)16-8-5-12(2)6-9-16/h12-15H,4-11H2,1-3H3. The molecule has 6 heteroatoms. The topological polar surface area (TPSA) is 52.7 Å². The Kier molecular flexibility index (Phi) is 5.45. The lowest BCUT2D eigenvalue weighted by Crippen LogP contribution is -2.54. The largest absolute Gasteiger partial charge is 0.317 e. The molecular weight excluding hydrogens is 274 g/mol. The third-order valence-electron chi connectivity index (χ3n) is 4.99. The minimum atomic E-state index is -3.24. The van der Waals surface area contributed by atoms with E-state index in [0.717, 1.165) is 25.7 Å². The molecule has 0 aromatic carbocycles. The fraction of sp³-hybridized carbons (Fsp3) is 1.00. The van der Waals surface area contributed by atoms with Gasteiger partial charge in [-0.15, -0.1) is 0 Å². The minimum Gasteiger partial charge on any atom is -0.317 e. The molecule has 2 saturated heterocycles. The SMILES string of the molecule is CCC1CN(S(=O)(=O)N2CCC(C)CC2)CCC1NC. The zero-order valence-corrected chi connectivity index (χ0v) is 13.8. The summed E-state index contributed by atoms with van der Waals surface area (Å²) in [7, 11) is -1.27. The molecule has 2 aliphatic rings. The van der Waals surface area contributed by atoms with Crippen LogP contribution in [0.1, 0.15) is 39.5 Å². The van der Waals surface area contributed by atoms with Gasteiger partial charge in [-0.2, -0.15) is 17.0 Å². The second-order valence-electron chi connectivity index (χ2n) is 6.30. The molecule has 0 aromatic rings. The van der Waals surface area contributed by atoms with Gasteiger partial charge in [0, 0.05) is 32.2 Å². The lowest BCUT2D eigenvalue weighted by atomic mass is 9.91. The summed E-state index contributed by atoms with van der Waals surface area (Å²) in [6.45, 7) is 7.04. The smallest absolute Gasteiger partial charge is 0.281 e. The highest BCUT2D eigenvalue weighted by atomic mass is 32.2. The molecule has 2 heterocycles. The van der Waals surface area contributed by atoms with E-state index in [4.69, 9.17) is 0 Å². The van der Waals surface area contributed by atoms with Gasteiger partial charge < -0.3 is 5.32 Å². The average molecular weight is 303 g/mol. The van der Waals surface area contributed by atoms with Gasteiger partial charge in [-0.1, -0.05) is 20.3 Å². The minimum absolute atomic E-state index is 0.423. The molecule has 5 nitrogen and oxygen atoms in total. The van der Waals surface area contributed by atoms with Crippen molar-refractivity contribution in [3.63, 3.8) is 0 Å². The zero-order valence-electron chi connectivity index (χ0n) is 13.0. The molecule has 0 spiro atoms. The van der Waals surface area contributed by atoms with Crippen molar-refractivity contribution in [1.29, 1.82) is 0 Å². The van der Waals surface area contributed by atoms with Gasteiger partial charge in [0.1, 0.15) is 0 Å². The maximum atomic E-state index is 12.7. The van der Waals surface area contributed by atoms with Gasteiger partial charge in [0.05, 0.1) is 0 Å². The Hall–Kier alpha value is -0.170. The molecule has 0 aromatic heterocycles. The Balaban J connectivity index is 2.03. The van der Waals surface area contributed by atoms with Gasteiger partial charge in [0.25, 0.3) is 10.2 Å². The highest BCUT2D eigenvalue weighted by Gasteiger charge is 2.37. The monoisotopic (exact) mass is 303 g/mol. The van der Waals surface area contributed by atoms with E-state index in [1.165, 1.54) is 0 Å². The van der Waals surface area contributed by atoms with Crippen LogP contribution in [0.15, 0.2) is 0 Å². The summed E-state index contributed by atoms with van der Waals surface area (Å²) in [4.78, 5) is 0. The van der Waals surface area contributed by atoms with Crippen molar-refractivity contribution in [2.75, 3.05) is 33.2 Å². The van der Waals surface area contributed by atoms with E-state index in [1.807, 2.05) is 7.05 Å². The van der Waals surface area contributed by atoms with Crippen molar-refractivity contribution >= 4 is 10.2 Å². The van der Waals surface area contributed by atoms with Crippen LogP contribution in [0.2, 0.25) is 0 Å². The summed E-state index contributed by atoms with van der Waals surface area (Å²) in [6, 6.07) is 0.452. The highest BCUT2D eigenvalue weighted by molar-refractivity contribution is 7.86. The third-order valence-corrected chi connectivity index (χ3v) is 6.99. The second kappa shape index (κ2) is 6.73. The third kappa shape index (κ3) is 3.35. The van der Waals surface area contributed by atoms with Gasteiger partial charge in [-0.3, -0.25) is 0 Å². The maximum absolute atomic E-state index is 12.7. The van der Waals surface area contributed by atoms with Gasteiger partial charge in [-0.05, 0) is 38.1 Å². The van der Waals surface area contributed by atoms with Crippen molar-refractivity contribution in [2.45, 2.75) is 45.6 Å². The number of hydrogen-bond donors (Lipinski definition) is 1. The molecule has 2 aliphatic heterocycles. The molecule has 2 fully saturated rings. The van der Waals surface area contributed by atoms with E-state index < -0.39 is 10.2 Å². The molecule has 0 aliphatic carbocycles. The lowest BCUT2D eigenvalue weighted by Gasteiger charge is -2.40. The highest BCUT2D eigenvalue weighted by Crippen LogP contribution is 2.26. The predicted molar refractivity (Wildman–Crippen MR) is 81.7 cm³/mol. The van der Waals surface area contributed by atoms with Crippen LogP contribution in [0.5, 0.6) is 0 Å². The Morgan fingerprint density at radius 2 is 1.70 bits per heavy atom. The van der Waals surface area contributed by atoms with Gasteiger partial charge in [0.15, 0.2) is 0 Å².